The Morgan fingerprint density at radius 1 is 1.30 bits per heavy atom. The quantitative estimate of drug-likeness (QED) is 0.443. The van der Waals surface area contributed by atoms with Gasteiger partial charge in [0.2, 0.25) is 0 Å². The van der Waals surface area contributed by atoms with E-state index in [1.165, 1.54) is 0 Å². The minimum atomic E-state index is -0.380. The highest BCUT2D eigenvalue weighted by molar-refractivity contribution is 14.1. The first-order valence-electron chi connectivity index (χ1n) is 5.93. The number of nitrogens with one attached hydrogen (secondary N) is 1. The molecule has 104 valence electrons. The minimum Gasteiger partial charge on any atom is -0.373 e. The van der Waals surface area contributed by atoms with Crippen molar-refractivity contribution in [2.24, 2.45) is 0 Å². The molecule has 4 nitrogen and oxygen atoms in total. The number of rotatable bonds is 4. The van der Waals surface area contributed by atoms with E-state index in [1.54, 1.807) is 18.2 Å². The molecule has 2 rings (SSSR count). The van der Waals surface area contributed by atoms with Crippen LogP contribution < -0.4 is 5.32 Å². The minimum absolute atomic E-state index is 0.0748. The SMILES string of the molecule is CC(Nc1ccc(I)cc1[N+](=O)[O-])c1cccc(Cl)c1. The molecule has 0 saturated heterocycles. The van der Waals surface area contributed by atoms with Crippen molar-refractivity contribution in [1.82, 2.24) is 0 Å². The summed E-state index contributed by atoms with van der Waals surface area (Å²) in [6.45, 7) is 1.94. The highest BCUT2D eigenvalue weighted by Gasteiger charge is 2.16. The van der Waals surface area contributed by atoms with Gasteiger partial charge < -0.3 is 5.32 Å². The number of hydrogen-bond donors (Lipinski definition) is 1. The molecular formula is C14H12ClIN2O2. The third-order valence-corrected chi connectivity index (χ3v) is 3.78. The molecule has 0 aliphatic heterocycles. The van der Waals surface area contributed by atoms with E-state index in [9.17, 15) is 10.1 Å². The van der Waals surface area contributed by atoms with Gasteiger partial charge in [-0.2, -0.15) is 0 Å². The molecule has 6 heteroatoms. The lowest BCUT2D eigenvalue weighted by Crippen LogP contribution is -2.08. The van der Waals surface area contributed by atoms with Gasteiger partial charge in [-0.1, -0.05) is 23.7 Å². The molecule has 0 aliphatic carbocycles. The van der Waals surface area contributed by atoms with Crippen LogP contribution in [0.15, 0.2) is 42.5 Å². The van der Waals surface area contributed by atoms with E-state index in [1.807, 2.05) is 31.2 Å². The van der Waals surface area contributed by atoms with Crippen LogP contribution in [0.2, 0.25) is 5.02 Å². The largest absolute Gasteiger partial charge is 0.373 e. The number of nitro groups is 1. The highest BCUT2D eigenvalue weighted by Crippen LogP contribution is 2.30. The Morgan fingerprint density at radius 3 is 2.70 bits per heavy atom. The second-order valence-corrected chi connectivity index (χ2v) is 6.02. The van der Waals surface area contributed by atoms with E-state index in [0.717, 1.165) is 9.13 Å². The lowest BCUT2D eigenvalue weighted by atomic mass is 10.1. The number of nitro benzene ring substituents is 1. The van der Waals surface area contributed by atoms with Gasteiger partial charge in [-0.3, -0.25) is 10.1 Å². The van der Waals surface area contributed by atoms with Crippen molar-refractivity contribution in [2.75, 3.05) is 5.32 Å². The molecule has 0 heterocycles. The Kier molecular flexibility index (Phi) is 4.82. The van der Waals surface area contributed by atoms with Crippen molar-refractivity contribution in [2.45, 2.75) is 13.0 Å². The summed E-state index contributed by atoms with van der Waals surface area (Å²) in [7, 11) is 0. The van der Waals surface area contributed by atoms with Gasteiger partial charge in [0, 0.05) is 20.7 Å². The highest BCUT2D eigenvalue weighted by atomic mass is 127. The fraction of sp³-hybridized carbons (Fsp3) is 0.143. The molecule has 0 spiro atoms. The molecule has 0 bridgehead atoms. The Labute approximate surface area is 135 Å². The van der Waals surface area contributed by atoms with Crippen LogP contribution in [-0.4, -0.2) is 4.92 Å². The van der Waals surface area contributed by atoms with Crippen LogP contribution in [0, 0.1) is 13.7 Å². The lowest BCUT2D eigenvalue weighted by Gasteiger charge is -2.16. The van der Waals surface area contributed by atoms with Crippen molar-refractivity contribution < 1.29 is 4.92 Å². The summed E-state index contributed by atoms with van der Waals surface area (Å²) in [6, 6.07) is 12.5. The molecule has 1 atom stereocenters. The molecular weight excluding hydrogens is 391 g/mol. The van der Waals surface area contributed by atoms with Gasteiger partial charge in [0.25, 0.3) is 5.69 Å². The molecule has 0 aromatic heterocycles. The number of anilines is 1. The van der Waals surface area contributed by atoms with E-state index in [-0.39, 0.29) is 16.7 Å². The van der Waals surface area contributed by atoms with E-state index < -0.39 is 0 Å². The molecule has 0 radical (unpaired) electrons. The Balaban J connectivity index is 2.28. The number of benzene rings is 2. The zero-order valence-electron chi connectivity index (χ0n) is 10.6. The molecule has 0 saturated carbocycles. The summed E-state index contributed by atoms with van der Waals surface area (Å²) in [5.74, 6) is 0. The van der Waals surface area contributed by atoms with Gasteiger partial charge in [0.05, 0.1) is 4.92 Å². The summed E-state index contributed by atoms with van der Waals surface area (Å²) in [5.41, 5.74) is 1.55. The van der Waals surface area contributed by atoms with Crippen molar-refractivity contribution in [1.29, 1.82) is 0 Å². The maximum Gasteiger partial charge on any atom is 0.293 e. The average Bonchev–Trinajstić information content (AvgIpc) is 2.40. The second-order valence-electron chi connectivity index (χ2n) is 4.34. The molecule has 2 aromatic carbocycles. The second kappa shape index (κ2) is 6.41. The maximum absolute atomic E-state index is 11.1. The normalized spacial score (nSPS) is 11.9. The number of halogens is 2. The Bertz CT molecular complexity index is 649. The zero-order chi connectivity index (χ0) is 14.7. The van der Waals surface area contributed by atoms with E-state index in [4.69, 9.17) is 11.6 Å². The number of hydrogen-bond acceptors (Lipinski definition) is 3. The molecule has 1 N–H and O–H groups in total. The predicted octanol–water partition coefficient (Wildman–Crippen LogP) is 5.03. The van der Waals surface area contributed by atoms with Crippen LogP contribution in [0.3, 0.4) is 0 Å². The molecule has 0 amide bonds. The van der Waals surface area contributed by atoms with Gasteiger partial charge in [0.15, 0.2) is 0 Å². The van der Waals surface area contributed by atoms with Gasteiger partial charge in [-0.15, -0.1) is 0 Å². The zero-order valence-corrected chi connectivity index (χ0v) is 13.6. The standard InChI is InChI=1S/C14H12ClIN2O2/c1-9(10-3-2-4-11(15)7-10)17-13-6-5-12(16)8-14(13)18(19)20/h2-9,17H,1H3. The first kappa shape index (κ1) is 15.1. The first-order valence-corrected chi connectivity index (χ1v) is 7.39. The summed E-state index contributed by atoms with van der Waals surface area (Å²) in [6.07, 6.45) is 0. The van der Waals surface area contributed by atoms with Crippen LogP contribution in [0.5, 0.6) is 0 Å². The molecule has 2 aromatic rings. The summed E-state index contributed by atoms with van der Waals surface area (Å²) in [4.78, 5) is 10.7. The third-order valence-electron chi connectivity index (χ3n) is 2.88. The van der Waals surface area contributed by atoms with E-state index in [2.05, 4.69) is 27.9 Å². The Hall–Kier alpha value is -1.34. The van der Waals surface area contributed by atoms with Crippen molar-refractivity contribution >= 4 is 45.6 Å². The van der Waals surface area contributed by atoms with Crippen LogP contribution in [-0.2, 0) is 0 Å². The summed E-state index contributed by atoms with van der Waals surface area (Å²) in [5, 5.41) is 14.9. The lowest BCUT2D eigenvalue weighted by molar-refractivity contribution is -0.384. The van der Waals surface area contributed by atoms with Crippen molar-refractivity contribution in [3.05, 3.63) is 66.7 Å². The molecule has 1 unspecified atom stereocenters. The smallest absolute Gasteiger partial charge is 0.293 e. The van der Waals surface area contributed by atoms with Gasteiger partial charge >= 0.3 is 0 Å². The summed E-state index contributed by atoms with van der Waals surface area (Å²) >= 11 is 8.01. The fourth-order valence-electron chi connectivity index (χ4n) is 1.87. The van der Waals surface area contributed by atoms with Gasteiger partial charge in [-0.25, -0.2) is 0 Å². The molecule has 20 heavy (non-hydrogen) atoms. The average molecular weight is 403 g/mol. The van der Waals surface area contributed by atoms with Gasteiger partial charge in [-0.05, 0) is 59.3 Å². The Morgan fingerprint density at radius 2 is 2.05 bits per heavy atom. The molecule has 0 aliphatic rings. The monoisotopic (exact) mass is 402 g/mol. The van der Waals surface area contributed by atoms with Crippen LogP contribution in [0.4, 0.5) is 11.4 Å². The maximum atomic E-state index is 11.1. The van der Waals surface area contributed by atoms with Crippen LogP contribution in [0.1, 0.15) is 18.5 Å². The predicted molar refractivity (Wildman–Crippen MR) is 89.3 cm³/mol. The number of nitrogens with zero attached hydrogens (tertiary/aromatic N) is 1. The van der Waals surface area contributed by atoms with Crippen molar-refractivity contribution in [3.63, 3.8) is 0 Å². The van der Waals surface area contributed by atoms with Crippen LogP contribution >= 0.6 is 34.2 Å². The fourth-order valence-corrected chi connectivity index (χ4v) is 2.54. The molecule has 0 fully saturated rings. The van der Waals surface area contributed by atoms with E-state index >= 15 is 0 Å². The third kappa shape index (κ3) is 3.61. The van der Waals surface area contributed by atoms with Gasteiger partial charge in [0.1, 0.15) is 5.69 Å². The first-order chi connectivity index (χ1) is 9.47. The summed E-state index contributed by atoms with van der Waals surface area (Å²) < 4.78 is 0.829. The van der Waals surface area contributed by atoms with Crippen LogP contribution in [0.25, 0.3) is 0 Å². The van der Waals surface area contributed by atoms with E-state index in [0.29, 0.717) is 10.7 Å². The van der Waals surface area contributed by atoms with Crippen molar-refractivity contribution in [3.8, 4) is 0 Å². The topological polar surface area (TPSA) is 55.2 Å².